The zero-order valence-corrected chi connectivity index (χ0v) is 15.6. The second-order valence-electron chi connectivity index (χ2n) is 7.71. The Bertz CT molecular complexity index is 643. The highest BCUT2D eigenvalue weighted by atomic mass is 16.5. The van der Waals surface area contributed by atoms with Crippen molar-refractivity contribution in [2.45, 2.75) is 44.6 Å². The van der Waals surface area contributed by atoms with E-state index in [1.54, 1.807) is 0 Å². The van der Waals surface area contributed by atoms with Gasteiger partial charge in [-0.2, -0.15) is 0 Å². The van der Waals surface area contributed by atoms with E-state index in [1.807, 2.05) is 6.92 Å². The Balaban J connectivity index is 1.42. The molecule has 3 aliphatic rings. The highest BCUT2D eigenvalue weighted by Crippen LogP contribution is 2.28. The largest absolute Gasteiger partial charge is 0.378 e. The van der Waals surface area contributed by atoms with Crippen LogP contribution in [0.15, 0.2) is 6.07 Å². The van der Waals surface area contributed by atoms with Gasteiger partial charge in [-0.05, 0) is 39.2 Å². The summed E-state index contributed by atoms with van der Waals surface area (Å²) >= 11 is 0. The number of aryl methyl sites for hydroxylation is 1. The van der Waals surface area contributed by atoms with Crippen molar-refractivity contribution in [2.24, 2.45) is 0 Å². The normalized spacial score (nSPS) is 24.5. The Morgan fingerprint density at radius 2 is 2.04 bits per heavy atom. The summed E-state index contributed by atoms with van der Waals surface area (Å²) in [5, 5.41) is 3.09. The van der Waals surface area contributed by atoms with Crippen molar-refractivity contribution in [3.05, 3.63) is 17.6 Å². The van der Waals surface area contributed by atoms with Gasteiger partial charge < -0.3 is 15.0 Å². The van der Waals surface area contributed by atoms with Crippen LogP contribution in [0, 0.1) is 6.92 Å². The van der Waals surface area contributed by atoms with Crippen molar-refractivity contribution in [1.29, 1.82) is 0 Å². The number of ether oxygens (including phenoxy) is 1. The fraction of sp³-hybridized carbons (Fsp3) is 0.737. The summed E-state index contributed by atoms with van der Waals surface area (Å²) in [5.41, 5.74) is 1.12. The van der Waals surface area contributed by atoms with Crippen LogP contribution >= 0.6 is 0 Å². The lowest BCUT2D eigenvalue weighted by Gasteiger charge is -2.33. The Morgan fingerprint density at radius 3 is 2.81 bits per heavy atom. The van der Waals surface area contributed by atoms with Gasteiger partial charge in [0.2, 0.25) is 5.91 Å². The van der Waals surface area contributed by atoms with Gasteiger partial charge in [-0.3, -0.25) is 9.69 Å². The highest BCUT2D eigenvalue weighted by molar-refractivity contribution is 5.78. The number of nitrogens with one attached hydrogen (secondary N) is 1. The number of amides is 1. The summed E-state index contributed by atoms with van der Waals surface area (Å²) in [6.45, 7) is 7.65. The van der Waals surface area contributed by atoms with Crippen LogP contribution in [0.1, 0.15) is 43.1 Å². The molecule has 1 amide bonds. The first-order valence-electron chi connectivity index (χ1n) is 9.87. The molecule has 1 N–H and O–H groups in total. The molecule has 1 atom stereocenters. The monoisotopic (exact) mass is 359 g/mol. The number of morpholine rings is 1. The minimum absolute atomic E-state index is 0.168. The van der Waals surface area contributed by atoms with Gasteiger partial charge in [-0.1, -0.05) is 0 Å². The van der Waals surface area contributed by atoms with Gasteiger partial charge in [-0.25, -0.2) is 9.97 Å². The van der Waals surface area contributed by atoms with E-state index >= 15 is 0 Å². The van der Waals surface area contributed by atoms with Crippen LogP contribution in [0.2, 0.25) is 0 Å². The second kappa shape index (κ2) is 7.88. The molecular formula is C19H29N5O2. The summed E-state index contributed by atoms with van der Waals surface area (Å²) in [4.78, 5) is 26.1. The smallest absolute Gasteiger partial charge is 0.234 e. The van der Waals surface area contributed by atoms with Crippen LogP contribution in [-0.2, 0) is 9.53 Å². The van der Waals surface area contributed by atoms with E-state index in [1.165, 1.54) is 0 Å². The van der Waals surface area contributed by atoms with Gasteiger partial charge in [0.15, 0.2) is 0 Å². The predicted molar refractivity (Wildman–Crippen MR) is 99.4 cm³/mol. The topological polar surface area (TPSA) is 70.6 Å². The Labute approximate surface area is 155 Å². The fourth-order valence-corrected chi connectivity index (χ4v) is 3.88. The maximum absolute atomic E-state index is 12.1. The lowest BCUT2D eigenvalue weighted by atomic mass is 9.94. The molecular weight excluding hydrogens is 330 g/mol. The third-order valence-corrected chi connectivity index (χ3v) is 5.41. The van der Waals surface area contributed by atoms with Crippen LogP contribution in [0.25, 0.3) is 0 Å². The van der Waals surface area contributed by atoms with Crippen molar-refractivity contribution < 1.29 is 9.53 Å². The number of carbonyl (C=O) groups excluding carboxylic acids is 1. The molecule has 1 saturated carbocycles. The van der Waals surface area contributed by atoms with Crippen LogP contribution in [-0.4, -0.2) is 72.8 Å². The van der Waals surface area contributed by atoms with E-state index in [2.05, 4.69) is 26.2 Å². The summed E-state index contributed by atoms with van der Waals surface area (Å²) < 4.78 is 5.45. The molecule has 1 aromatic rings. The molecule has 3 heterocycles. The Morgan fingerprint density at radius 1 is 1.23 bits per heavy atom. The minimum atomic E-state index is 0.168. The summed E-state index contributed by atoms with van der Waals surface area (Å²) in [6.07, 6.45) is 4.51. The van der Waals surface area contributed by atoms with Crippen LogP contribution in [0.4, 0.5) is 5.82 Å². The molecule has 142 valence electrons. The second-order valence-corrected chi connectivity index (χ2v) is 7.71. The Kier molecular flexibility index (Phi) is 5.36. The van der Waals surface area contributed by atoms with Gasteiger partial charge in [0.1, 0.15) is 11.6 Å². The highest BCUT2D eigenvalue weighted by Gasteiger charge is 2.27. The van der Waals surface area contributed by atoms with Gasteiger partial charge in [0.05, 0.1) is 25.5 Å². The van der Waals surface area contributed by atoms with Crippen molar-refractivity contribution in [1.82, 2.24) is 20.2 Å². The number of aromatic nitrogens is 2. The standard InChI is InChI=1S/C19H29N5O2/c1-14-20-17(11-18(21-14)24-7-9-26-10-8-24)15-3-2-6-23(12-15)13-19(25)22-16-4-5-16/h11,15-16H,2-10,12-13H2,1H3,(H,22,25)/t15-/m1/s1. The maximum atomic E-state index is 12.1. The average Bonchev–Trinajstić information content (AvgIpc) is 3.46. The minimum Gasteiger partial charge on any atom is -0.378 e. The zero-order valence-electron chi connectivity index (χ0n) is 15.6. The van der Waals surface area contributed by atoms with E-state index in [0.717, 1.165) is 82.4 Å². The van der Waals surface area contributed by atoms with E-state index in [4.69, 9.17) is 9.72 Å². The number of rotatable bonds is 5. The molecule has 0 radical (unpaired) electrons. The number of nitrogens with zero attached hydrogens (tertiary/aromatic N) is 4. The molecule has 0 bridgehead atoms. The van der Waals surface area contributed by atoms with E-state index < -0.39 is 0 Å². The molecule has 2 saturated heterocycles. The van der Waals surface area contributed by atoms with Gasteiger partial charge in [0, 0.05) is 37.7 Å². The number of hydrogen-bond donors (Lipinski definition) is 1. The van der Waals surface area contributed by atoms with E-state index in [9.17, 15) is 4.79 Å². The molecule has 7 nitrogen and oxygen atoms in total. The molecule has 1 aliphatic carbocycles. The molecule has 26 heavy (non-hydrogen) atoms. The van der Waals surface area contributed by atoms with Gasteiger partial charge in [0.25, 0.3) is 0 Å². The molecule has 4 rings (SSSR count). The summed E-state index contributed by atoms with van der Waals surface area (Å²) in [7, 11) is 0. The maximum Gasteiger partial charge on any atom is 0.234 e. The van der Waals surface area contributed by atoms with Crippen molar-refractivity contribution >= 4 is 11.7 Å². The van der Waals surface area contributed by atoms with E-state index in [0.29, 0.717) is 18.5 Å². The number of anilines is 1. The first-order chi connectivity index (χ1) is 12.7. The summed E-state index contributed by atoms with van der Waals surface area (Å²) in [6, 6.07) is 2.58. The van der Waals surface area contributed by atoms with E-state index in [-0.39, 0.29) is 5.91 Å². The lowest BCUT2D eigenvalue weighted by molar-refractivity contribution is -0.122. The summed E-state index contributed by atoms with van der Waals surface area (Å²) in [5.74, 6) is 2.38. The third-order valence-electron chi connectivity index (χ3n) is 5.41. The van der Waals surface area contributed by atoms with Crippen LogP contribution in [0.5, 0.6) is 0 Å². The fourth-order valence-electron chi connectivity index (χ4n) is 3.88. The Hall–Kier alpha value is -1.73. The SMILES string of the molecule is Cc1nc([C@@H]2CCCN(CC(=O)NC3CC3)C2)cc(N2CCOCC2)n1. The predicted octanol–water partition coefficient (Wildman–Crippen LogP) is 1.08. The van der Waals surface area contributed by atoms with Gasteiger partial charge in [-0.15, -0.1) is 0 Å². The van der Waals surface area contributed by atoms with Crippen molar-refractivity contribution in [2.75, 3.05) is 50.8 Å². The van der Waals surface area contributed by atoms with Crippen LogP contribution < -0.4 is 10.2 Å². The molecule has 2 aliphatic heterocycles. The first kappa shape index (κ1) is 17.7. The lowest BCUT2D eigenvalue weighted by Crippen LogP contribution is -2.42. The molecule has 0 spiro atoms. The molecule has 7 heteroatoms. The number of hydrogen-bond acceptors (Lipinski definition) is 6. The number of likely N-dealkylation sites (tertiary alicyclic amines) is 1. The van der Waals surface area contributed by atoms with Crippen molar-refractivity contribution in [3.8, 4) is 0 Å². The molecule has 0 unspecified atom stereocenters. The average molecular weight is 359 g/mol. The molecule has 1 aromatic heterocycles. The first-order valence-corrected chi connectivity index (χ1v) is 9.87. The van der Waals surface area contributed by atoms with Crippen molar-refractivity contribution in [3.63, 3.8) is 0 Å². The third kappa shape index (κ3) is 4.51. The molecule has 0 aromatic carbocycles. The molecule has 3 fully saturated rings. The van der Waals surface area contributed by atoms with Gasteiger partial charge >= 0.3 is 0 Å². The zero-order chi connectivity index (χ0) is 17.9. The van der Waals surface area contributed by atoms with Crippen LogP contribution in [0.3, 0.4) is 0 Å². The number of piperidine rings is 1. The number of carbonyl (C=O) groups is 1. The quantitative estimate of drug-likeness (QED) is 0.848.